The van der Waals surface area contributed by atoms with Gasteiger partial charge in [-0.25, -0.2) is 9.97 Å². The first-order valence-electron chi connectivity index (χ1n) is 9.34. The summed E-state index contributed by atoms with van der Waals surface area (Å²) >= 11 is 0. The molecule has 1 aliphatic rings. The fourth-order valence-corrected chi connectivity index (χ4v) is 4.29. The molecule has 5 heteroatoms. The number of fused-ring (bicyclic) bond motifs is 2. The molecule has 0 aliphatic carbocycles. The third kappa shape index (κ3) is 2.46. The SMILES string of the molecule is COc1c(C)cc(-c2nc3n(c2-c2ccc4nccn4c2)CCC3)cc1C. The van der Waals surface area contributed by atoms with E-state index in [4.69, 9.17) is 9.72 Å². The van der Waals surface area contributed by atoms with Crippen LogP contribution in [0.4, 0.5) is 0 Å². The quantitative estimate of drug-likeness (QED) is 0.544. The summed E-state index contributed by atoms with van der Waals surface area (Å²) in [5, 5.41) is 0. The van der Waals surface area contributed by atoms with Crippen molar-refractivity contribution in [3.8, 4) is 28.3 Å². The normalized spacial score (nSPS) is 13.3. The predicted octanol–water partition coefficient (Wildman–Crippen LogP) is 4.44. The van der Waals surface area contributed by atoms with Gasteiger partial charge in [-0.3, -0.25) is 0 Å². The third-order valence-electron chi connectivity index (χ3n) is 5.43. The van der Waals surface area contributed by atoms with Gasteiger partial charge in [0.15, 0.2) is 0 Å². The molecular formula is C22H22N4O. The van der Waals surface area contributed by atoms with E-state index in [1.54, 1.807) is 7.11 Å². The van der Waals surface area contributed by atoms with Gasteiger partial charge in [0.2, 0.25) is 0 Å². The van der Waals surface area contributed by atoms with E-state index in [9.17, 15) is 0 Å². The van der Waals surface area contributed by atoms with Gasteiger partial charge >= 0.3 is 0 Å². The Bertz CT molecular complexity index is 1150. The standard InChI is InChI=1S/C22H22N4O/c1-14-11-17(12-15(2)22(14)27-3)20-21(26-9-4-5-19(26)24-20)16-6-7-18-23-8-10-25(18)13-16/h6-8,10-13H,4-5,9H2,1-3H3. The van der Waals surface area contributed by atoms with E-state index in [-0.39, 0.29) is 0 Å². The summed E-state index contributed by atoms with van der Waals surface area (Å²) < 4.78 is 9.99. The molecule has 4 aromatic rings. The van der Waals surface area contributed by atoms with Crippen molar-refractivity contribution in [3.63, 3.8) is 0 Å². The monoisotopic (exact) mass is 358 g/mol. The van der Waals surface area contributed by atoms with E-state index < -0.39 is 0 Å². The van der Waals surface area contributed by atoms with Crippen LogP contribution in [0.2, 0.25) is 0 Å². The summed E-state index contributed by atoms with van der Waals surface area (Å²) in [4.78, 5) is 9.40. The molecule has 1 aliphatic heterocycles. The van der Waals surface area contributed by atoms with Crippen molar-refractivity contribution in [3.05, 3.63) is 59.8 Å². The molecule has 0 N–H and O–H groups in total. The van der Waals surface area contributed by atoms with Gasteiger partial charge in [-0.2, -0.15) is 0 Å². The zero-order valence-corrected chi connectivity index (χ0v) is 15.9. The minimum absolute atomic E-state index is 0.951. The van der Waals surface area contributed by atoms with E-state index in [1.807, 2.05) is 12.4 Å². The highest BCUT2D eigenvalue weighted by Gasteiger charge is 2.24. The van der Waals surface area contributed by atoms with Crippen molar-refractivity contribution in [2.24, 2.45) is 0 Å². The number of rotatable bonds is 3. The molecule has 3 aromatic heterocycles. The van der Waals surface area contributed by atoms with Crippen LogP contribution < -0.4 is 4.74 Å². The number of benzene rings is 1. The van der Waals surface area contributed by atoms with Crippen molar-refractivity contribution >= 4 is 5.65 Å². The van der Waals surface area contributed by atoms with Crippen molar-refractivity contribution in [1.29, 1.82) is 0 Å². The Morgan fingerprint density at radius 1 is 1.07 bits per heavy atom. The van der Waals surface area contributed by atoms with Gasteiger partial charge in [0.05, 0.1) is 18.5 Å². The van der Waals surface area contributed by atoms with Gasteiger partial charge in [-0.05, 0) is 55.7 Å². The summed E-state index contributed by atoms with van der Waals surface area (Å²) in [7, 11) is 1.73. The number of nitrogens with zero attached hydrogens (tertiary/aromatic N) is 4. The van der Waals surface area contributed by atoms with Gasteiger partial charge in [0.25, 0.3) is 0 Å². The van der Waals surface area contributed by atoms with Gasteiger partial charge in [-0.1, -0.05) is 0 Å². The molecular weight excluding hydrogens is 336 g/mol. The zero-order chi connectivity index (χ0) is 18.5. The number of imidazole rings is 2. The van der Waals surface area contributed by atoms with E-state index in [1.165, 1.54) is 17.1 Å². The Kier molecular flexibility index (Phi) is 3.57. The van der Waals surface area contributed by atoms with E-state index in [0.717, 1.165) is 53.2 Å². The summed E-state index contributed by atoms with van der Waals surface area (Å²) in [6, 6.07) is 8.59. The largest absolute Gasteiger partial charge is 0.496 e. The van der Waals surface area contributed by atoms with E-state index in [2.05, 4.69) is 58.3 Å². The highest BCUT2D eigenvalue weighted by Crippen LogP contribution is 2.38. The minimum Gasteiger partial charge on any atom is -0.496 e. The van der Waals surface area contributed by atoms with Crippen molar-refractivity contribution in [1.82, 2.24) is 18.9 Å². The Hall–Kier alpha value is -3.08. The molecule has 0 spiro atoms. The summed E-state index contributed by atoms with van der Waals surface area (Å²) in [6.45, 7) is 5.21. The molecule has 27 heavy (non-hydrogen) atoms. The maximum atomic E-state index is 5.55. The second kappa shape index (κ2) is 5.98. The van der Waals surface area contributed by atoms with Crippen LogP contribution in [0, 0.1) is 13.8 Å². The van der Waals surface area contributed by atoms with E-state index in [0.29, 0.717) is 0 Å². The maximum Gasteiger partial charge on any atom is 0.136 e. The average Bonchev–Trinajstić information content (AvgIpc) is 3.36. The Morgan fingerprint density at radius 2 is 1.89 bits per heavy atom. The molecule has 5 nitrogen and oxygen atoms in total. The van der Waals surface area contributed by atoms with Gasteiger partial charge in [0.1, 0.15) is 17.2 Å². The molecule has 0 radical (unpaired) electrons. The fraction of sp³-hybridized carbons (Fsp3) is 0.273. The first kappa shape index (κ1) is 16.1. The van der Waals surface area contributed by atoms with Crippen LogP contribution in [0.5, 0.6) is 5.75 Å². The summed E-state index contributed by atoms with van der Waals surface area (Å²) in [6.07, 6.45) is 8.16. The molecule has 1 aromatic carbocycles. The number of pyridine rings is 1. The van der Waals surface area contributed by atoms with Gasteiger partial charge < -0.3 is 13.7 Å². The molecule has 0 fully saturated rings. The topological polar surface area (TPSA) is 44.3 Å². The number of methoxy groups -OCH3 is 1. The van der Waals surface area contributed by atoms with Crippen molar-refractivity contribution in [2.75, 3.05) is 7.11 Å². The smallest absolute Gasteiger partial charge is 0.136 e. The molecule has 0 atom stereocenters. The van der Waals surface area contributed by atoms with Crippen LogP contribution in [0.3, 0.4) is 0 Å². The molecule has 136 valence electrons. The van der Waals surface area contributed by atoms with Crippen LogP contribution in [0.25, 0.3) is 28.2 Å². The number of hydrogen-bond donors (Lipinski definition) is 0. The van der Waals surface area contributed by atoms with Crippen LogP contribution in [-0.2, 0) is 13.0 Å². The van der Waals surface area contributed by atoms with Gasteiger partial charge in [0, 0.05) is 42.7 Å². The average molecular weight is 358 g/mol. The van der Waals surface area contributed by atoms with Crippen LogP contribution in [0.15, 0.2) is 42.9 Å². The molecule has 0 unspecified atom stereocenters. The molecule has 0 saturated heterocycles. The summed E-state index contributed by atoms with van der Waals surface area (Å²) in [5.41, 5.74) is 7.79. The Balaban J connectivity index is 1.74. The molecule has 0 amide bonds. The zero-order valence-electron chi connectivity index (χ0n) is 15.9. The van der Waals surface area contributed by atoms with Crippen LogP contribution in [0.1, 0.15) is 23.4 Å². The second-order valence-electron chi connectivity index (χ2n) is 7.23. The lowest BCUT2D eigenvalue weighted by Gasteiger charge is -2.13. The Labute approximate surface area is 158 Å². The lowest BCUT2D eigenvalue weighted by Crippen LogP contribution is -1.98. The number of ether oxygens (including phenoxy) is 1. The Morgan fingerprint density at radius 3 is 2.67 bits per heavy atom. The maximum absolute atomic E-state index is 5.55. The highest BCUT2D eigenvalue weighted by atomic mass is 16.5. The van der Waals surface area contributed by atoms with Crippen LogP contribution >= 0.6 is 0 Å². The van der Waals surface area contributed by atoms with E-state index >= 15 is 0 Å². The predicted molar refractivity (Wildman–Crippen MR) is 106 cm³/mol. The second-order valence-corrected chi connectivity index (χ2v) is 7.23. The third-order valence-corrected chi connectivity index (χ3v) is 5.43. The van der Waals surface area contributed by atoms with Crippen LogP contribution in [-0.4, -0.2) is 26.0 Å². The number of aryl methyl sites for hydroxylation is 3. The summed E-state index contributed by atoms with van der Waals surface area (Å²) in [5.74, 6) is 2.13. The lowest BCUT2D eigenvalue weighted by atomic mass is 10.0. The fourth-order valence-electron chi connectivity index (χ4n) is 4.29. The van der Waals surface area contributed by atoms with Crippen molar-refractivity contribution < 1.29 is 4.74 Å². The first-order valence-corrected chi connectivity index (χ1v) is 9.34. The minimum atomic E-state index is 0.951. The highest BCUT2D eigenvalue weighted by molar-refractivity contribution is 5.80. The van der Waals surface area contributed by atoms with Crippen molar-refractivity contribution in [2.45, 2.75) is 33.2 Å². The molecule has 0 bridgehead atoms. The number of aromatic nitrogens is 4. The first-order chi connectivity index (χ1) is 13.2. The number of hydrogen-bond acceptors (Lipinski definition) is 3. The lowest BCUT2D eigenvalue weighted by molar-refractivity contribution is 0.408. The molecule has 4 heterocycles. The van der Waals surface area contributed by atoms with Gasteiger partial charge in [-0.15, -0.1) is 0 Å². The molecule has 0 saturated carbocycles. The molecule has 5 rings (SSSR count).